The number of ether oxygens (including phenoxy) is 1. The second kappa shape index (κ2) is 5.21. The summed E-state index contributed by atoms with van der Waals surface area (Å²) >= 11 is 0. The maximum Gasteiger partial charge on any atom is 0.453 e. The predicted molar refractivity (Wildman–Crippen MR) is 73.0 cm³/mol. The van der Waals surface area contributed by atoms with Gasteiger partial charge in [-0.15, -0.1) is 5.10 Å². The molecule has 7 nitrogen and oxygen atoms in total. The second-order valence-corrected chi connectivity index (χ2v) is 5.10. The van der Waals surface area contributed by atoms with Crippen LogP contribution in [0, 0.1) is 5.92 Å². The summed E-state index contributed by atoms with van der Waals surface area (Å²) in [5, 5.41) is 7.42. The van der Waals surface area contributed by atoms with E-state index in [1.807, 2.05) is 0 Å². The van der Waals surface area contributed by atoms with Crippen molar-refractivity contribution in [1.29, 1.82) is 0 Å². The number of hydrazone groups is 1. The summed E-state index contributed by atoms with van der Waals surface area (Å²) in [5.74, 6) is -1.66. The topological polar surface area (TPSA) is 80.9 Å². The molecule has 0 spiro atoms. The highest BCUT2D eigenvalue weighted by molar-refractivity contribution is 6.09. The molecule has 122 valence electrons. The zero-order valence-corrected chi connectivity index (χ0v) is 12.2. The second-order valence-electron chi connectivity index (χ2n) is 5.10. The number of amides is 1. The van der Waals surface area contributed by atoms with Crippen LogP contribution in [0.1, 0.15) is 24.7 Å². The molecule has 2 aromatic heterocycles. The third kappa shape index (κ3) is 2.60. The molecule has 1 aliphatic rings. The average Bonchev–Trinajstić information content (AvgIpc) is 2.92. The average molecular weight is 327 g/mol. The molecule has 0 bridgehead atoms. The normalized spacial score (nSPS) is 18.7. The van der Waals surface area contributed by atoms with Gasteiger partial charge in [0, 0.05) is 24.0 Å². The predicted octanol–water partition coefficient (Wildman–Crippen LogP) is 1.62. The number of halogens is 3. The lowest BCUT2D eigenvalue weighted by atomic mass is 9.95. The minimum atomic E-state index is -4.68. The molecule has 10 heteroatoms. The molecule has 0 aliphatic carbocycles. The quantitative estimate of drug-likeness (QED) is 0.909. The first kappa shape index (κ1) is 15.3. The molecule has 0 saturated carbocycles. The summed E-state index contributed by atoms with van der Waals surface area (Å²) < 4.78 is 44.7. The summed E-state index contributed by atoms with van der Waals surface area (Å²) in [6.45, 7) is 1.76. The van der Waals surface area contributed by atoms with Gasteiger partial charge in [0.2, 0.25) is 11.8 Å². The largest absolute Gasteiger partial charge is 0.481 e. The van der Waals surface area contributed by atoms with E-state index < -0.39 is 12.0 Å². The number of aromatic nitrogens is 3. The fourth-order valence-electron chi connectivity index (χ4n) is 2.39. The third-order valence-corrected chi connectivity index (χ3v) is 3.45. The zero-order chi connectivity index (χ0) is 16.8. The van der Waals surface area contributed by atoms with Crippen LogP contribution < -0.4 is 10.2 Å². The van der Waals surface area contributed by atoms with Gasteiger partial charge in [-0.3, -0.25) is 4.79 Å². The van der Waals surface area contributed by atoms with E-state index >= 15 is 0 Å². The molecule has 23 heavy (non-hydrogen) atoms. The first-order chi connectivity index (χ1) is 10.8. The van der Waals surface area contributed by atoms with Gasteiger partial charge < -0.3 is 4.74 Å². The molecule has 1 N–H and O–H groups in total. The lowest BCUT2D eigenvalue weighted by Gasteiger charge is -2.19. The van der Waals surface area contributed by atoms with Crippen molar-refractivity contribution < 1.29 is 22.7 Å². The van der Waals surface area contributed by atoms with Gasteiger partial charge in [0.05, 0.1) is 12.8 Å². The highest BCUT2D eigenvalue weighted by Crippen LogP contribution is 2.29. The summed E-state index contributed by atoms with van der Waals surface area (Å²) in [6.07, 6.45) is -4.49. The fraction of sp³-hybridized carbons (Fsp3) is 0.385. The van der Waals surface area contributed by atoms with E-state index in [9.17, 15) is 18.0 Å². The molecule has 0 aromatic carbocycles. The van der Waals surface area contributed by atoms with E-state index in [2.05, 4.69) is 20.6 Å². The minimum absolute atomic E-state index is 0.0292. The molecule has 0 fully saturated rings. The number of hydrogen-bond acceptors (Lipinski definition) is 5. The van der Waals surface area contributed by atoms with Gasteiger partial charge in [0.15, 0.2) is 5.65 Å². The van der Waals surface area contributed by atoms with Crippen molar-refractivity contribution >= 4 is 17.3 Å². The number of nitrogens with zero attached hydrogens (tertiary/aromatic N) is 4. The molecule has 3 rings (SSSR count). The van der Waals surface area contributed by atoms with E-state index in [0.29, 0.717) is 11.3 Å². The van der Waals surface area contributed by atoms with Gasteiger partial charge in [-0.1, -0.05) is 6.92 Å². The fourth-order valence-corrected chi connectivity index (χ4v) is 2.39. The van der Waals surface area contributed by atoms with Crippen LogP contribution in [0.3, 0.4) is 0 Å². The Morgan fingerprint density at radius 2 is 2.13 bits per heavy atom. The Balaban J connectivity index is 2.22. The van der Waals surface area contributed by atoms with Crippen LogP contribution in [0.15, 0.2) is 17.2 Å². The lowest BCUT2D eigenvalue weighted by Crippen LogP contribution is -2.32. The molecule has 3 heterocycles. The maximum atomic E-state index is 12.9. The van der Waals surface area contributed by atoms with E-state index in [1.54, 1.807) is 13.0 Å². The van der Waals surface area contributed by atoms with Crippen LogP contribution in [-0.4, -0.2) is 33.3 Å². The van der Waals surface area contributed by atoms with Gasteiger partial charge in [0.1, 0.15) is 0 Å². The molecular formula is C13H12F3N5O2. The van der Waals surface area contributed by atoms with E-state index in [-0.39, 0.29) is 29.8 Å². The Labute approximate surface area is 128 Å². The van der Waals surface area contributed by atoms with Gasteiger partial charge in [0.25, 0.3) is 5.82 Å². The van der Waals surface area contributed by atoms with Crippen molar-refractivity contribution in [3.05, 3.63) is 23.5 Å². The summed E-state index contributed by atoms with van der Waals surface area (Å²) in [4.78, 5) is 14.9. The summed E-state index contributed by atoms with van der Waals surface area (Å²) in [6, 6.07) is 3.03. The minimum Gasteiger partial charge on any atom is -0.481 e. The smallest absolute Gasteiger partial charge is 0.453 e. The number of carbonyl (C=O) groups excluding carboxylic acids is 1. The Morgan fingerprint density at radius 1 is 1.39 bits per heavy atom. The summed E-state index contributed by atoms with van der Waals surface area (Å²) in [7, 11) is 1.32. The number of rotatable bonds is 2. The molecule has 0 saturated heterocycles. The molecule has 1 atom stereocenters. The Kier molecular flexibility index (Phi) is 3.46. The van der Waals surface area contributed by atoms with Crippen LogP contribution in [-0.2, 0) is 11.0 Å². The Bertz CT molecular complexity index is 812. The van der Waals surface area contributed by atoms with Crippen LogP contribution in [0.25, 0.3) is 5.65 Å². The van der Waals surface area contributed by atoms with Gasteiger partial charge in [-0.25, -0.2) is 10.4 Å². The van der Waals surface area contributed by atoms with E-state index in [1.165, 1.54) is 13.2 Å². The van der Waals surface area contributed by atoms with Crippen LogP contribution in [0.4, 0.5) is 13.2 Å². The Hall–Kier alpha value is -2.65. The molecule has 1 amide bonds. The number of nitrogens with one attached hydrogen (secondary N) is 1. The van der Waals surface area contributed by atoms with Crippen molar-refractivity contribution in [2.24, 2.45) is 11.0 Å². The van der Waals surface area contributed by atoms with Crippen molar-refractivity contribution in [1.82, 2.24) is 20.0 Å². The monoisotopic (exact) mass is 327 g/mol. The van der Waals surface area contributed by atoms with Crippen molar-refractivity contribution in [3.8, 4) is 5.88 Å². The van der Waals surface area contributed by atoms with Crippen molar-refractivity contribution in [3.63, 3.8) is 0 Å². The number of hydrogen-bond donors (Lipinski definition) is 1. The first-order valence-electron chi connectivity index (χ1n) is 6.69. The van der Waals surface area contributed by atoms with Crippen molar-refractivity contribution in [2.45, 2.75) is 19.5 Å². The standard InChI is InChI=1S/C13H12F3N5O2/c1-6-5-8(22)18-19-10(6)7-3-4-9(23-2)21-11(7)17-12(20-21)13(14,15)16/h3-4,6H,5H2,1-2H3,(H,18,22). The van der Waals surface area contributed by atoms with Gasteiger partial charge in [-0.05, 0) is 6.07 Å². The highest BCUT2D eigenvalue weighted by Gasteiger charge is 2.37. The molecule has 0 radical (unpaired) electrons. The number of fused-ring (bicyclic) bond motifs is 1. The third-order valence-electron chi connectivity index (χ3n) is 3.45. The van der Waals surface area contributed by atoms with Crippen molar-refractivity contribution in [2.75, 3.05) is 7.11 Å². The lowest BCUT2D eigenvalue weighted by molar-refractivity contribution is -0.144. The van der Waals surface area contributed by atoms with Crippen LogP contribution in [0.5, 0.6) is 5.88 Å². The molecule has 1 unspecified atom stereocenters. The number of methoxy groups -OCH3 is 1. The number of carbonyl (C=O) groups is 1. The summed E-state index contributed by atoms with van der Waals surface area (Å²) in [5.41, 5.74) is 3.11. The van der Waals surface area contributed by atoms with E-state index in [4.69, 9.17) is 4.74 Å². The number of alkyl halides is 3. The van der Waals surface area contributed by atoms with E-state index in [0.717, 1.165) is 4.52 Å². The zero-order valence-electron chi connectivity index (χ0n) is 12.2. The molecular weight excluding hydrogens is 315 g/mol. The van der Waals surface area contributed by atoms with Crippen LogP contribution >= 0.6 is 0 Å². The number of pyridine rings is 1. The first-order valence-corrected chi connectivity index (χ1v) is 6.69. The van der Waals surface area contributed by atoms with Gasteiger partial charge in [-0.2, -0.15) is 22.8 Å². The molecule has 1 aliphatic heterocycles. The highest BCUT2D eigenvalue weighted by atomic mass is 19.4. The molecule has 2 aromatic rings. The maximum absolute atomic E-state index is 12.9. The SMILES string of the molecule is COc1ccc(C2=NNC(=O)CC2C)c2nc(C(F)(F)F)nn12. The van der Waals surface area contributed by atoms with Gasteiger partial charge >= 0.3 is 6.18 Å². The Morgan fingerprint density at radius 3 is 2.74 bits per heavy atom. The van der Waals surface area contributed by atoms with Crippen LogP contribution in [0.2, 0.25) is 0 Å².